The minimum absolute atomic E-state index is 0.105. The van der Waals surface area contributed by atoms with Crippen molar-refractivity contribution in [3.8, 4) is 28.5 Å². The zero-order valence-electron chi connectivity index (χ0n) is 20.2. The van der Waals surface area contributed by atoms with Crippen LogP contribution in [0.2, 0.25) is 0 Å². The van der Waals surface area contributed by atoms with E-state index in [0.29, 0.717) is 28.2 Å². The largest absolute Gasteiger partial charge is 0.481 e. The first-order valence-corrected chi connectivity index (χ1v) is 11.4. The minimum Gasteiger partial charge on any atom is -0.481 e. The number of aryl methyl sites for hydroxylation is 1. The van der Waals surface area contributed by atoms with E-state index in [4.69, 9.17) is 9.47 Å². The summed E-state index contributed by atoms with van der Waals surface area (Å²) in [6.45, 7) is 1.67. The molecule has 0 unspecified atom stereocenters. The SMILES string of the molecule is COc1ccc2nccc(Oc3ccc(NC(=O)c4c[nH]c(C)c(-c5ccc(F)cc5)c4=O)cc3F)c2n1. The molecule has 0 atom stereocenters. The zero-order chi connectivity index (χ0) is 26.8. The van der Waals surface area contributed by atoms with Crippen molar-refractivity contribution in [2.75, 3.05) is 12.4 Å². The monoisotopic (exact) mass is 514 g/mol. The number of hydrogen-bond donors (Lipinski definition) is 2. The summed E-state index contributed by atoms with van der Waals surface area (Å²) in [5, 5.41) is 2.53. The second-order valence-electron chi connectivity index (χ2n) is 8.27. The van der Waals surface area contributed by atoms with E-state index in [0.717, 1.165) is 6.07 Å². The number of aromatic amines is 1. The van der Waals surface area contributed by atoms with Crippen LogP contribution < -0.4 is 20.2 Å². The molecule has 0 saturated heterocycles. The topological polar surface area (TPSA) is 106 Å². The average molecular weight is 514 g/mol. The molecular formula is C28H20F2N4O4. The van der Waals surface area contributed by atoms with Gasteiger partial charge in [0.1, 0.15) is 16.9 Å². The van der Waals surface area contributed by atoms with E-state index in [2.05, 4.69) is 20.3 Å². The highest BCUT2D eigenvalue weighted by Gasteiger charge is 2.18. The lowest BCUT2D eigenvalue weighted by Crippen LogP contribution is -2.23. The lowest BCUT2D eigenvalue weighted by Gasteiger charge is -2.12. The highest BCUT2D eigenvalue weighted by Crippen LogP contribution is 2.31. The van der Waals surface area contributed by atoms with Crippen LogP contribution in [0.15, 0.2) is 77.9 Å². The summed E-state index contributed by atoms with van der Waals surface area (Å²) in [6, 6.07) is 14.2. The molecule has 8 nitrogen and oxygen atoms in total. The maximum Gasteiger partial charge on any atom is 0.261 e. The molecule has 10 heteroatoms. The molecule has 1 amide bonds. The number of amides is 1. The van der Waals surface area contributed by atoms with Crippen molar-refractivity contribution in [2.45, 2.75) is 6.92 Å². The molecule has 0 aliphatic rings. The summed E-state index contributed by atoms with van der Waals surface area (Å²) >= 11 is 0. The molecule has 0 bridgehead atoms. The fraction of sp³-hybridized carbons (Fsp3) is 0.0714. The Labute approximate surface area is 214 Å². The minimum atomic E-state index is -0.750. The van der Waals surface area contributed by atoms with Gasteiger partial charge in [-0.05, 0) is 42.8 Å². The molecule has 2 N–H and O–H groups in total. The predicted molar refractivity (Wildman–Crippen MR) is 138 cm³/mol. The van der Waals surface area contributed by atoms with Crippen molar-refractivity contribution in [2.24, 2.45) is 0 Å². The van der Waals surface area contributed by atoms with Crippen LogP contribution in [0.4, 0.5) is 14.5 Å². The third kappa shape index (κ3) is 4.79. The number of ether oxygens (including phenoxy) is 2. The Balaban J connectivity index is 1.39. The Bertz CT molecular complexity index is 1740. The van der Waals surface area contributed by atoms with Crippen molar-refractivity contribution in [1.82, 2.24) is 15.0 Å². The molecule has 0 saturated carbocycles. The van der Waals surface area contributed by atoms with Crippen LogP contribution >= 0.6 is 0 Å². The highest BCUT2D eigenvalue weighted by molar-refractivity contribution is 6.04. The first-order chi connectivity index (χ1) is 18.3. The van der Waals surface area contributed by atoms with Crippen LogP contribution in [0.3, 0.4) is 0 Å². The van der Waals surface area contributed by atoms with E-state index in [1.54, 1.807) is 25.1 Å². The molecule has 190 valence electrons. The van der Waals surface area contributed by atoms with Gasteiger partial charge in [0.2, 0.25) is 11.3 Å². The number of benzene rings is 2. The molecule has 0 aliphatic heterocycles. The molecule has 0 aliphatic carbocycles. The number of halogens is 2. The molecule has 3 heterocycles. The lowest BCUT2D eigenvalue weighted by atomic mass is 10.0. The summed E-state index contributed by atoms with van der Waals surface area (Å²) in [4.78, 5) is 37.4. The van der Waals surface area contributed by atoms with Gasteiger partial charge in [-0.1, -0.05) is 12.1 Å². The molecular weight excluding hydrogens is 494 g/mol. The number of hydrogen-bond acceptors (Lipinski definition) is 6. The molecule has 2 aromatic carbocycles. The number of aromatic nitrogens is 3. The van der Waals surface area contributed by atoms with Crippen LogP contribution in [0, 0.1) is 18.6 Å². The molecule has 0 spiro atoms. The van der Waals surface area contributed by atoms with E-state index in [1.165, 1.54) is 55.9 Å². The molecule has 0 fully saturated rings. The van der Waals surface area contributed by atoms with Crippen LogP contribution in [0.1, 0.15) is 16.1 Å². The Morgan fingerprint density at radius 3 is 2.53 bits per heavy atom. The number of methoxy groups -OCH3 is 1. The van der Waals surface area contributed by atoms with Crippen molar-refractivity contribution in [3.63, 3.8) is 0 Å². The number of nitrogens with one attached hydrogen (secondary N) is 2. The summed E-state index contributed by atoms with van der Waals surface area (Å²) in [5.41, 5.74) is 1.53. The van der Waals surface area contributed by atoms with Gasteiger partial charge in [0.25, 0.3) is 5.91 Å². The van der Waals surface area contributed by atoms with E-state index in [-0.39, 0.29) is 28.3 Å². The van der Waals surface area contributed by atoms with Gasteiger partial charge in [-0.2, -0.15) is 0 Å². The molecule has 38 heavy (non-hydrogen) atoms. The van der Waals surface area contributed by atoms with Gasteiger partial charge in [0, 0.05) is 47.5 Å². The maximum absolute atomic E-state index is 14.9. The summed E-state index contributed by atoms with van der Waals surface area (Å²) < 4.78 is 39.2. The van der Waals surface area contributed by atoms with Gasteiger partial charge in [-0.15, -0.1) is 0 Å². The Kier molecular flexibility index (Phi) is 6.53. The van der Waals surface area contributed by atoms with E-state index in [9.17, 15) is 18.4 Å². The first-order valence-electron chi connectivity index (χ1n) is 11.4. The highest BCUT2D eigenvalue weighted by atomic mass is 19.1. The smallest absolute Gasteiger partial charge is 0.261 e. The number of carbonyl (C=O) groups is 1. The molecule has 5 aromatic rings. The third-order valence-electron chi connectivity index (χ3n) is 5.80. The number of fused-ring (bicyclic) bond motifs is 1. The van der Waals surface area contributed by atoms with E-state index in [1.807, 2.05) is 0 Å². The van der Waals surface area contributed by atoms with Gasteiger partial charge in [0.05, 0.1) is 12.6 Å². The Hall–Kier alpha value is -5.12. The second-order valence-corrected chi connectivity index (χ2v) is 8.27. The van der Waals surface area contributed by atoms with Crippen molar-refractivity contribution < 1.29 is 23.0 Å². The molecule has 0 radical (unpaired) electrons. The van der Waals surface area contributed by atoms with Gasteiger partial charge < -0.3 is 19.8 Å². The van der Waals surface area contributed by atoms with Crippen LogP contribution in [-0.2, 0) is 0 Å². The quantitative estimate of drug-likeness (QED) is 0.305. The van der Waals surface area contributed by atoms with Gasteiger partial charge in [-0.25, -0.2) is 13.8 Å². The summed E-state index contributed by atoms with van der Waals surface area (Å²) in [7, 11) is 1.48. The Morgan fingerprint density at radius 1 is 1.00 bits per heavy atom. The van der Waals surface area contributed by atoms with E-state index >= 15 is 0 Å². The van der Waals surface area contributed by atoms with Crippen molar-refractivity contribution >= 4 is 22.6 Å². The van der Waals surface area contributed by atoms with Crippen LogP contribution in [-0.4, -0.2) is 28.0 Å². The lowest BCUT2D eigenvalue weighted by molar-refractivity contribution is 0.102. The standard InChI is InChI=1S/C28H20F2N4O4/c1-15-25(16-3-5-17(29)6-4-16)27(35)19(14-32-15)28(36)33-18-7-9-22(20(30)13-18)38-23-11-12-31-21-8-10-24(37-2)34-26(21)23/h3-14H,1-2H3,(H,32,35)(H,33,36). The van der Waals surface area contributed by atoms with Gasteiger partial charge >= 0.3 is 0 Å². The number of anilines is 1. The van der Waals surface area contributed by atoms with Gasteiger partial charge in [0.15, 0.2) is 17.3 Å². The Morgan fingerprint density at radius 2 is 1.79 bits per heavy atom. The molecule has 5 rings (SSSR count). The second kappa shape index (κ2) is 10.1. The number of pyridine rings is 3. The van der Waals surface area contributed by atoms with Crippen molar-refractivity contribution in [1.29, 1.82) is 0 Å². The summed E-state index contributed by atoms with van der Waals surface area (Å²) in [6.07, 6.45) is 2.79. The maximum atomic E-state index is 14.9. The zero-order valence-corrected chi connectivity index (χ0v) is 20.2. The van der Waals surface area contributed by atoms with Crippen LogP contribution in [0.25, 0.3) is 22.2 Å². The van der Waals surface area contributed by atoms with Crippen LogP contribution in [0.5, 0.6) is 17.4 Å². The predicted octanol–water partition coefficient (Wildman–Crippen LogP) is 5.62. The van der Waals surface area contributed by atoms with E-state index < -0.39 is 23.0 Å². The number of H-pyrrole nitrogens is 1. The summed E-state index contributed by atoms with van der Waals surface area (Å²) in [5.74, 6) is -1.42. The fourth-order valence-electron chi connectivity index (χ4n) is 3.91. The fourth-order valence-corrected chi connectivity index (χ4v) is 3.91. The third-order valence-corrected chi connectivity index (χ3v) is 5.80. The number of rotatable bonds is 6. The normalized spacial score (nSPS) is 10.8. The van der Waals surface area contributed by atoms with Crippen molar-refractivity contribution in [3.05, 3.63) is 106 Å². The number of carbonyl (C=O) groups excluding carboxylic acids is 1. The number of nitrogens with zero attached hydrogens (tertiary/aromatic N) is 2. The first kappa shape index (κ1) is 24.6. The van der Waals surface area contributed by atoms with Gasteiger partial charge in [-0.3, -0.25) is 14.6 Å². The average Bonchev–Trinajstić information content (AvgIpc) is 2.91. The molecule has 3 aromatic heterocycles.